The Morgan fingerprint density at radius 3 is 2.76 bits per heavy atom. The molecule has 0 saturated heterocycles. The Labute approximate surface area is 123 Å². The van der Waals surface area contributed by atoms with Crippen molar-refractivity contribution in [3.8, 4) is 0 Å². The maximum absolute atomic E-state index is 13.3. The van der Waals surface area contributed by atoms with E-state index in [4.69, 9.17) is 5.73 Å². The first-order valence-corrected chi connectivity index (χ1v) is 7.89. The number of rotatable bonds is 5. The average molecular weight is 309 g/mol. The third-order valence-corrected chi connectivity index (χ3v) is 4.38. The van der Waals surface area contributed by atoms with Gasteiger partial charge in [0.1, 0.15) is 5.82 Å². The fourth-order valence-corrected chi connectivity index (χ4v) is 2.99. The summed E-state index contributed by atoms with van der Waals surface area (Å²) >= 11 is 0. The van der Waals surface area contributed by atoms with Gasteiger partial charge in [0.2, 0.25) is 10.0 Å². The lowest BCUT2D eigenvalue weighted by atomic mass is 10.1. The first-order chi connectivity index (χ1) is 9.92. The topological polar surface area (TPSA) is 85.1 Å². The minimum absolute atomic E-state index is 0.0444. The van der Waals surface area contributed by atoms with Crippen LogP contribution in [0.25, 0.3) is 0 Å². The Hall–Kier alpha value is -1.99. The number of aromatic nitrogens is 1. The highest BCUT2D eigenvalue weighted by molar-refractivity contribution is 7.89. The molecule has 0 aliphatic rings. The van der Waals surface area contributed by atoms with E-state index in [1.54, 1.807) is 12.3 Å². The van der Waals surface area contributed by atoms with Gasteiger partial charge in [-0.15, -0.1) is 0 Å². The number of nitrogens with zero attached hydrogens (tertiary/aromatic N) is 1. The number of anilines is 1. The summed E-state index contributed by atoms with van der Waals surface area (Å²) in [5.41, 5.74) is 7.13. The third kappa shape index (κ3) is 3.77. The summed E-state index contributed by atoms with van der Waals surface area (Å²) < 4.78 is 40.0. The molecule has 112 valence electrons. The first-order valence-electron chi connectivity index (χ1n) is 6.41. The van der Waals surface area contributed by atoms with Crippen LogP contribution in [0.5, 0.6) is 0 Å². The average Bonchev–Trinajstić information content (AvgIpc) is 2.44. The number of benzene rings is 1. The minimum Gasteiger partial charge on any atom is -0.399 e. The van der Waals surface area contributed by atoms with Gasteiger partial charge in [-0.2, -0.15) is 0 Å². The second kappa shape index (κ2) is 6.19. The second-order valence-electron chi connectivity index (χ2n) is 4.51. The SMILES string of the molecule is CCc1cccnc1CNS(=O)(=O)c1cc(N)cc(F)c1. The van der Waals surface area contributed by atoms with Crippen molar-refractivity contribution in [2.75, 3.05) is 5.73 Å². The largest absolute Gasteiger partial charge is 0.399 e. The molecule has 0 saturated carbocycles. The van der Waals surface area contributed by atoms with Crippen molar-refractivity contribution in [3.63, 3.8) is 0 Å². The molecule has 0 unspecified atom stereocenters. The Morgan fingerprint density at radius 1 is 1.33 bits per heavy atom. The van der Waals surface area contributed by atoms with E-state index < -0.39 is 15.8 Å². The number of halogens is 1. The number of nitrogens with one attached hydrogen (secondary N) is 1. The van der Waals surface area contributed by atoms with Crippen molar-refractivity contribution in [2.24, 2.45) is 0 Å². The molecule has 5 nitrogen and oxygen atoms in total. The molecule has 2 aromatic rings. The van der Waals surface area contributed by atoms with Gasteiger partial charge in [-0.3, -0.25) is 4.98 Å². The Morgan fingerprint density at radius 2 is 2.10 bits per heavy atom. The first kappa shape index (κ1) is 15.4. The highest BCUT2D eigenvalue weighted by atomic mass is 32.2. The van der Waals surface area contributed by atoms with E-state index in [1.165, 1.54) is 6.07 Å². The summed E-state index contributed by atoms with van der Waals surface area (Å²) in [6, 6.07) is 6.89. The monoisotopic (exact) mass is 309 g/mol. The number of pyridine rings is 1. The molecule has 0 aliphatic heterocycles. The molecular formula is C14H16FN3O2S. The van der Waals surface area contributed by atoms with Gasteiger partial charge < -0.3 is 5.73 Å². The normalized spacial score (nSPS) is 11.5. The van der Waals surface area contributed by atoms with Crippen LogP contribution in [-0.4, -0.2) is 13.4 Å². The minimum atomic E-state index is -3.84. The van der Waals surface area contributed by atoms with Crippen LogP contribution in [0.2, 0.25) is 0 Å². The van der Waals surface area contributed by atoms with E-state index in [2.05, 4.69) is 9.71 Å². The summed E-state index contributed by atoms with van der Waals surface area (Å²) in [5, 5.41) is 0. The van der Waals surface area contributed by atoms with Crippen LogP contribution in [0.3, 0.4) is 0 Å². The quantitative estimate of drug-likeness (QED) is 0.825. The zero-order valence-corrected chi connectivity index (χ0v) is 12.3. The predicted molar refractivity (Wildman–Crippen MR) is 78.5 cm³/mol. The van der Waals surface area contributed by atoms with E-state index in [9.17, 15) is 12.8 Å². The molecule has 3 N–H and O–H groups in total. The molecule has 1 aromatic carbocycles. The Bertz CT molecular complexity index is 727. The van der Waals surface area contributed by atoms with Gasteiger partial charge in [0.15, 0.2) is 0 Å². The molecule has 0 spiro atoms. The second-order valence-corrected chi connectivity index (χ2v) is 6.27. The van der Waals surface area contributed by atoms with Crippen molar-refractivity contribution in [3.05, 3.63) is 53.6 Å². The van der Waals surface area contributed by atoms with Gasteiger partial charge >= 0.3 is 0 Å². The van der Waals surface area contributed by atoms with Crippen molar-refractivity contribution in [2.45, 2.75) is 24.8 Å². The molecule has 0 aliphatic carbocycles. The van der Waals surface area contributed by atoms with Gasteiger partial charge in [0.05, 0.1) is 17.1 Å². The number of aryl methyl sites for hydroxylation is 1. The molecule has 1 aromatic heterocycles. The van der Waals surface area contributed by atoms with Crippen LogP contribution in [0.15, 0.2) is 41.4 Å². The summed E-state index contributed by atoms with van der Waals surface area (Å²) in [7, 11) is -3.84. The lowest BCUT2D eigenvalue weighted by molar-refractivity contribution is 0.576. The molecule has 0 radical (unpaired) electrons. The molecule has 0 fully saturated rings. The van der Waals surface area contributed by atoms with Crippen LogP contribution >= 0.6 is 0 Å². The Kier molecular flexibility index (Phi) is 4.54. The number of sulfonamides is 1. The molecule has 21 heavy (non-hydrogen) atoms. The van der Waals surface area contributed by atoms with Gasteiger partial charge in [0.25, 0.3) is 0 Å². The summed E-state index contributed by atoms with van der Waals surface area (Å²) in [6.45, 7) is 2.01. The molecule has 1 heterocycles. The molecule has 0 atom stereocenters. The van der Waals surface area contributed by atoms with E-state index in [0.717, 1.165) is 24.1 Å². The number of nitrogens with two attached hydrogens (primary N) is 1. The van der Waals surface area contributed by atoms with Crippen molar-refractivity contribution in [1.29, 1.82) is 0 Å². The van der Waals surface area contributed by atoms with Crippen LogP contribution in [0.1, 0.15) is 18.2 Å². The van der Waals surface area contributed by atoms with Crippen molar-refractivity contribution in [1.82, 2.24) is 9.71 Å². The number of hydrogen-bond acceptors (Lipinski definition) is 4. The van der Waals surface area contributed by atoms with E-state index in [-0.39, 0.29) is 17.1 Å². The number of hydrogen-bond donors (Lipinski definition) is 2. The lowest BCUT2D eigenvalue weighted by Gasteiger charge is -2.09. The maximum atomic E-state index is 13.3. The van der Waals surface area contributed by atoms with Crippen molar-refractivity contribution < 1.29 is 12.8 Å². The summed E-state index contributed by atoms with van der Waals surface area (Å²) in [4.78, 5) is 3.96. The van der Waals surface area contributed by atoms with Gasteiger partial charge in [-0.25, -0.2) is 17.5 Å². The highest BCUT2D eigenvalue weighted by Gasteiger charge is 2.16. The van der Waals surface area contributed by atoms with Crippen LogP contribution in [0.4, 0.5) is 10.1 Å². The maximum Gasteiger partial charge on any atom is 0.241 e. The van der Waals surface area contributed by atoms with Gasteiger partial charge in [-0.05, 0) is 36.2 Å². The highest BCUT2D eigenvalue weighted by Crippen LogP contribution is 2.16. The standard InChI is InChI=1S/C14H16FN3O2S/c1-2-10-4-3-5-17-14(10)9-18-21(19,20)13-7-11(15)6-12(16)8-13/h3-8,18H,2,9,16H2,1H3. The summed E-state index contributed by atoms with van der Waals surface area (Å²) in [6.07, 6.45) is 2.35. The van der Waals surface area contributed by atoms with Crippen molar-refractivity contribution >= 4 is 15.7 Å². The van der Waals surface area contributed by atoms with Gasteiger partial charge in [-0.1, -0.05) is 13.0 Å². The molecule has 0 amide bonds. The molecule has 2 rings (SSSR count). The van der Waals surface area contributed by atoms with E-state index in [1.807, 2.05) is 13.0 Å². The fourth-order valence-electron chi connectivity index (χ4n) is 1.94. The number of nitrogen functional groups attached to an aromatic ring is 1. The van der Waals surface area contributed by atoms with Crippen LogP contribution < -0.4 is 10.5 Å². The molecule has 7 heteroatoms. The smallest absolute Gasteiger partial charge is 0.241 e. The van der Waals surface area contributed by atoms with E-state index in [0.29, 0.717) is 5.69 Å². The van der Waals surface area contributed by atoms with E-state index >= 15 is 0 Å². The zero-order valence-electron chi connectivity index (χ0n) is 11.5. The summed E-state index contributed by atoms with van der Waals surface area (Å²) in [5.74, 6) is -0.692. The van der Waals surface area contributed by atoms with Crippen LogP contribution in [-0.2, 0) is 23.0 Å². The third-order valence-electron chi connectivity index (χ3n) is 3.00. The van der Waals surface area contributed by atoms with Crippen LogP contribution in [0, 0.1) is 5.82 Å². The predicted octanol–water partition coefficient (Wildman–Crippen LogP) is 1.84. The Balaban J connectivity index is 2.22. The zero-order chi connectivity index (χ0) is 15.5. The lowest BCUT2D eigenvalue weighted by Crippen LogP contribution is -2.24. The molecular weight excluding hydrogens is 293 g/mol. The van der Waals surface area contributed by atoms with Gasteiger partial charge in [0, 0.05) is 11.9 Å². The molecule has 0 bridgehead atoms. The fraction of sp³-hybridized carbons (Fsp3) is 0.214.